The molecule has 0 saturated carbocycles. The molecule has 3 rings (SSSR count). The Labute approximate surface area is 210 Å². The van der Waals surface area contributed by atoms with Gasteiger partial charge in [-0.2, -0.15) is 0 Å². The third-order valence-electron chi connectivity index (χ3n) is 5.58. The first-order chi connectivity index (χ1) is 16.9. The van der Waals surface area contributed by atoms with Gasteiger partial charge in [0.25, 0.3) is 10.0 Å². The number of carbonyl (C=O) groups is 1. The van der Waals surface area contributed by atoms with Crippen molar-refractivity contribution < 1.29 is 27.1 Å². The Morgan fingerprint density at radius 1 is 1.33 bits per heavy atom. The van der Waals surface area contributed by atoms with Crippen LogP contribution in [0.15, 0.2) is 40.5 Å². The number of ether oxygens (including phenoxy) is 2. The molecule has 2 aromatic rings. The van der Waals surface area contributed by atoms with Gasteiger partial charge in [0.2, 0.25) is 11.8 Å². The molecule has 0 spiro atoms. The molecule has 2 bridgehead atoms. The molecule has 1 aliphatic heterocycles. The first-order valence-corrected chi connectivity index (χ1v) is 12.8. The molecule has 1 aromatic carbocycles. The number of allylic oxidation sites excluding steroid dienone is 1. The fraction of sp³-hybridized carbons (Fsp3) is 0.400. The van der Waals surface area contributed by atoms with E-state index < -0.39 is 33.7 Å². The standard InChI is InChI=1S/C25H31FN4O5S/c1-15(2)23-20-10-21(31)30-36(32,33)18(11-27)12-29-25(3,4)14-35-22-9-16(6-7-28-22)19(20)8-17(13-34-5)24(23)26/h6-9,11-12,15H,10,13-14,27H2,1-5H3,(H,30,31). The van der Waals surface area contributed by atoms with E-state index in [0.29, 0.717) is 33.7 Å². The van der Waals surface area contributed by atoms with E-state index in [1.165, 1.54) is 7.11 Å². The van der Waals surface area contributed by atoms with Crippen LogP contribution in [0, 0.1) is 5.82 Å². The van der Waals surface area contributed by atoms with Crippen molar-refractivity contribution >= 4 is 22.1 Å². The SMILES string of the molecule is COCc1cc2c(c(C(C)C)c1F)CC(=O)NS(=O)(=O)C(=CN)C=NC(C)(C)COc1cc-2ccn1. The maximum absolute atomic E-state index is 15.6. The fourth-order valence-electron chi connectivity index (χ4n) is 3.88. The lowest BCUT2D eigenvalue weighted by Gasteiger charge is -2.22. The predicted octanol–water partition coefficient (Wildman–Crippen LogP) is 3.19. The summed E-state index contributed by atoms with van der Waals surface area (Å²) in [7, 11) is -2.87. The fourth-order valence-corrected chi connectivity index (χ4v) is 4.74. The number of sulfonamides is 1. The first kappa shape index (κ1) is 27.3. The average Bonchev–Trinajstić information content (AvgIpc) is 2.79. The number of amides is 1. The number of fused-ring (bicyclic) bond motifs is 4. The highest BCUT2D eigenvalue weighted by molar-refractivity contribution is 7.94. The van der Waals surface area contributed by atoms with Crippen LogP contribution in [0.1, 0.15) is 50.3 Å². The van der Waals surface area contributed by atoms with E-state index in [0.717, 1.165) is 12.4 Å². The van der Waals surface area contributed by atoms with Gasteiger partial charge in [-0.1, -0.05) is 13.8 Å². The number of hydrogen-bond donors (Lipinski definition) is 2. The van der Waals surface area contributed by atoms with Crippen molar-refractivity contribution in [1.29, 1.82) is 0 Å². The number of rotatable bonds is 3. The van der Waals surface area contributed by atoms with Crippen molar-refractivity contribution in [3.05, 3.63) is 58.0 Å². The summed E-state index contributed by atoms with van der Waals surface area (Å²) in [5.74, 6) is -1.36. The van der Waals surface area contributed by atoms with E-state index >= 15 is 4.39 Å². The molecule has 11 heteroatoms. The Hall–Kier alpha value is -3.31. The van der Waals surface area contributed by atoms with Gasteiger partial charge in [0, 0.05) is 37.4 Å². The van der Waals surface area contributed by atoms with E-state index in [2.05, 4.69) is 9.98 Å². The molecule has 1 aliphatic rings. The summed E-state index contributed by atoms with van der Waals surface area (Å²) in [5, 5.41) is 0. The smallest absolute Gasteiger partial charge is 0.267 e. The minimum Gasteiger partial charge on any atom is -0.475 e. The summed E-state index contributed by atoms with van der Waals surface area (Å²) in [4.78, 5) is 21.2. The molecule has 2 heterocycles. The van der Waals surface area contributed by atoms with Gasteiger partial charge >= 0.3 is 0 Å². The third-order valence-corrected chi connectivity index (χ3v) is 6.94. The number of pyridine rings is 1. The predicted molar refractivity (Wildman–Crippen MR) is 136 cm³/mol. The molecule has 1 aromatic heterocycles. The van der Waals surface area contributed by atoms with Gasteiger partial charge < -0.3 is 15.2 Å². The maximum Gasteiger partial charge on any atom is 0.267 e. The molecule has 1 amide bonds. The number of nitrogens with zero attached hydrogens (tertiary/aromatic N) is 2. The highest BCUT2D eigenvalue weighted by Crippen LogP contribution is 2.36. The minimum atomic E-state index is -4.33. The van der Waals surface area contributed by atoms with Crippen LogP contribution in [0.25, 0.3) is 11.1 Å². The van der Waals surface area contributed by atoms with Crippen molar-refractivity contribution in [3.63, 3.8) is 0 Å². The summed E-state index contributed by atoms with van der Waals surface area (Å²) in [6.07, 6.45) is 3.08. The molecule has 0 fully saturated rings. The van der Waals surface area contributed by atoms with Gasteiger partial charge in [-0.05, 0) is 54.2 Å². The van der Waals surface area contributed by atoms with E-state index in [4.69, 9.17) is 15.2 Å². The Bertz CT molecular complexity index is 1320. The number of benzene rings is 1. The summed E-state index contributed by atoms with van der Waals surface area (Å²) < 4.78 is 54.4. The van der Waals surface area contributed by atoms with Crippen LogP contribution in [0.4, 0.5) is 4.39 Å². The minimum absolute atomic E-state index is 0.0179. The summed E-state index contributed by atoms with van der Waals surface area (Å²) in [6, 6.07) is 5.02. The molecule has 0 saturated heterocycles. The number of hydrogen-bond acceptors (Lipinski definition) is 8. The number of carbonyl (C=O) groups excluding carboxylic acids is 1. The number of methoxy groups -OCH3 is 1. The molecule has 194 valence electrons. The molecule has 0 aliphatic carbocycles. The third kappa shape index (κ3) is 6.08. The van der Waals surface area contributed by atoms with E-state index in [1.807, 2.05) is 4.72 Å². The van der Waals surface area contributed by atoms with Crippen LogP contribution in [0.2, 0.25) is 0 Å². The second kappa shape index (κ2) is 10.8. The zero-order valence-corrected chi connectivity index (χ0v) is 21.8. The van der Waals surface area contributed by atoms with Crippen LogP contribution < -0.4 is 15.2 Å². The molecule has 3 N–H and O–H groups in total. The maximum atomic E-state index is 15.6. The van der Waals surface area contributed by atoms with Gasteiger partial charge in [-0.25, -0.2) is 22.5 Å². The Balaban J connectivity index is 2.30. The molecule has 9 nitrogen and oxygen atoms in total. The molecule has 0 unspecified atom stereocenters. The summed E-state index contributed by atoms with van der Waals surface area (Å²) in [6.45, 7) is 7.18. The molecule has 0 atom stereocenters. The Morgan fingerprint density at radius 3 is 2.69 bits per heavy atom. The van der Waals surface area contributed by atoms with Crippen LogP contribution in [0.3, 0.4) is 0 Å². The van der Waals surface area contributed by atoms with E-state index in [9.17, 15) is 13.2 Å². The number of aliphatic imine (C=N–C) groups is 1. The Kier molecular flexibility index (Phi) is 8.15. The zero-order valence-electron chi connectivity index (χ0n) is 21.0. The summed E-state index contributed by atoms with van der Waals surface area (Å²) in [5.41, 5.74) is 6.84. The quantitative estimate of drug-likeness (QED) is 0.638. The van der Waals surface area contributed by atoms with Crippen LogP contribution in [0.5, 0.6) is 5.88 Å². The number of aromatic nitrogens is 1. The van der Waals surface area contributed by atoms with Gasteiger partial charge in [0.05, 0.1) is 18.6 Å². The van der Waals surface area contributed by atoms with Crippen molar-refractivity contribution in [2.24, 2.45) is 10.7 Å². The molecule has 0 radical (unpaired) electrons. The van der Waals surface area contributed by atoms with Gasteiger partial charge in [0.15, 0.2) is 0 Å². The molecular formula is C25H31FN4O5S. The monoisotopic (exact) mass is 518 g/mol. The zero-order chi connectivity index (χ0) is 26.7. The Morgan fingerprint density at radius 2 is 2.06 bits per heavy atom. The highest BCUT2D eigenvalue weighted by atomic mass is 32.2. The van der Waals surface area contributed by atoms with Crippen molar-refractivity contribution in [1.82, 2.24) is 9.71 Å². The van der Waals surface area contributed by atoms with E-state index in [1.54, 1.807) is 52.1 Å². The molecule has 36 heavy (non-hydrogen) atoms. The first-order valence-electron chi connectivity index (χ1n) is 11.3. The normalized spacial score (nSPS) is 18.6. The van der Waals surface area contributed by atoms with Crippen molar-refractivity contribution in [3.8, 4) is 17.0 Å². The lowest BCUT2D eigenvalue weighted by atomic mass is 9.86. The topological polar surface area (TPSA) is 133 Å². The van der Waals surface area contributed by atoms with Crippen molar-refractivity contribution in [2.45, 2.75) is 52.2 Å². The highest BCUT2D eigenvalue weighted by Gasteiger charge is 2.27. The largest absolute Gasteiger partial charge is 0.475 e. The van der Waals surface area contributed by atoms with Crippen LogP contribution in [-0.2, 0) is 32.6 Å². The number of nitrogens with two attached hydrogens (primary N) is 1. The van der Waals surface area contributed by atoms with Crippen molar-refractivity contribution in [2.75, 3.05) is 13.7 Å². The lowest BCUT2D eigenvalue weighted by molar-refractivity contribution is -0.118. The van der Waals surface area contributed by atoms with Gasteiger partial charge in [0.1, 0.15) is 17.3 Å². The van der Waals surface area contributed by atoms with Gasteiger partial charge in [-0.3, -0.25) is 9.79 Å². The lowest BCUT2D eigenvalue weighted by Crippen LogP contribution is -2.34. The van der Waals surface area contributed by atoms with Crippen LogP contribution >= 0.6 is 0 Å². The second-order valence-electron chi connectivity index (χ2n) is 9.39. The molecular weight excluding hydrogens is 487 g/mol. The number of halogens is 1. The van der Waals surface area contributed by atoms with E-state index in [-0.39, 0.29) is 24.0 Å². The number of nitrogens with one attached hydrogen (secondary N) is 1. The average molecular weight is 519 g/mol. The second-order valence-corrected chi connectivity index (χ2v) is 11.1. The van der Waals surface area contributed by atoms with Crippen LogP contribution in [-0.4, -0.2) is 44.8 Å². The van der Waals surface area contributed by atoms with Gasteiger partial charge in [-0.15, -0.1) is 0 Å². The summed E-state index contributed by atoms with van der Waals surface area (Å²) >= 11 is 0.